The third-order valence-electron chi connectivity index (χ3n) is 5.15. The van der Waals surface area contributed by atoms with E-state index in [2.05, 4.69) is 13.8 Å². The van der Waals surface area contributed by atoms with Gasteiger partial charge in [-0.3, -0.25) is 0 Å². The molecule has 0 saturated heterocycles. The van der Waals surface area contributed by atoms with E-state index < -0.39 is 12.2 Å². The van der Waals surface area contributed by atoms with Crippen molar-refractivity contribution in [1.29, 1.82) is 0 Å². The molecule has 0 bridgehead atoms. The van der Waals surface area contributed by atoms with Crippen LogP contribution in [-0.2, 0) is 5.48 Å². The maximum atomic E-state index is 12.6. The minimum absolute atomic E-state index is 0. The molecule has 188 valence electrons. The summed E-state index contributed by atoms with van der Waals surface area (Å²) in [7, 11) is 0. The van der Waals surface area contributed by atoms with Crippen molar-refractivity contribution in [2.24, 2.45) is 0 Å². The van der Waals surface area contributed by atoms with Crippen LogP contribution in [0.1, 0.15) is 103 Å². The largest absolute Gasteiger partial charge is 1.00 e. The standard InChI is InChI=1S/C13H19FO.C13H18FO.2Li.2H2O.H/c2*1-2-3-4-5-6-13(15)11-7-9-12(14)10-8-11;;;;;/h7-10,13,15H,2-6H2,1H3;7-10,13H,2-6H2,1H3;;;2*1H2;/q;2*-1;+1;;;-1. The predicted molar refractivity (Wildman–Crippen MR) is 132 cm³/mol. The minimum atomic E-state index is -0.692. The number of benzene rings is 2. The Balaban J connectivity index is -0.000000150. The second-order valence-electron chi connectivity index (χ2n) is 7.81. The summed E-state index contributed by atoms with van der Waals surface area (Å²) in [5, 5.41) is 21.5. The van der Waals surface area contributed by atoms with Gasteiger partial charge in [-0.2, -0.15) is 0 Å². The molecule has 2 aromatic rings. The summed E-state index contributed by atoms with van der Waals surface area (Å²) in [5.41, 5.74) is 1.51. The van der Waals surface area contributed by atoms with Crippen LogP contribution in [0.4, 0.5) is 8.78 Å². The van der Waals surface area contributed by atoms with Crippen molar-refractivity contribution in [3.63, 3.8) is 0 Å². The Morgan fingerprint density at radius 2 is 1.12 bits per heavy atom. The topological polar surface area (TPSA) is 106 Å². The number of hydrogen-bond donors (Lipinski definition) is 1. The van der Waals surface area contributed by atoms with Gasteiger partial charge in [0, 0.05) is 0 Å². The Bertz CT molecular complexity index is 621. The zero-order valence-corrected chi connectivity index (χ0v) is 21.5. The molecule has 2 radical (unpaired) electrons. The van der Waals surface area contributed by atoms with Crippen LogP contribution in [0.5, 0.6) is 0 Å². The summed E-state index contributed by atoms with van der Waals surface area (Å²) in [6.07, 6.45) is 9.37. The molecule has 2 atom stereocenters. The van der Waals surface area contributed by atoms with E-state index in [-0.39, 0.29) is 61.7 Å². The van der Waals surface area contributed by atoms with Crippen LogP contribution in [0.25, 0.3) is 0 Å². The molecule has 0 aliphatic rings. The van der Waals surface area contributed by atoms with Gasteiger partial charge >= 0.3 is 18.9 Å². The molecule has 2 rings (SSSR count). The Morgan fingerprint density at radius 1 is 0.735 bits per heavy atom. The first-order valence-electron chi connectivity index (χ1n) is 11.3. The van der Waals surface area contributed by atoms with E-state index in [1.165, 1.54) is 49.9 Å². The molecule has 2 unspecified atom stereocenters. The van der Waals surface area contributed by atoms with E-state index in [4.69, 9.17) is 0 Å². The molecule has 0 heterocycles. The van der Waals surface area contributed by atoms with Crippen molar-refractivity contribution in [1.82, 2.24) is 0 Å². The van der Waals surface area contributed by atoms with E-state index in [0.29, 0.717) is 12.0 Å². The van der Waals surface area contributed by atoms with E-state index in [0.717, 1.165) is 37.7 Å². The molecule has 4 nitrogen and oxygen atoms in total. The molecular formula is C26H42F2Li2O4-2. The summed E-state index contributed by atoms with van der Waals surface area (Å²) in [6, 6.07) is 12.0. The van der Waals surface area contributed by atoms with E-state index in [9.17, 15) is 19.0 Å². The van der Waals surface area contributed by atoms with Crippen LogP contribution in [0.15, 0.2) is 48.5 Å². The molecule has 5 N–H and O–H groups in total. The fourth-order valence-corrected chi connectivity index (χ4v) is 3.22. The molecule has 34 heavy (non-hydrogen) atoms. The predicted octanol–water partition coefficient (Wildman–Crippen LogP) is 2.66. The SMILES string of the molecule is CCCCCCC(O)c1ccc(F)cc1.CCCCCCC([O-])c1ccc(F)cc1.[H-].[Li+].[Li-].[OH-].[OH3+]. The molecule has 0 aliphatic carbocycles. The van der Waals surface area contributed by atoms with Crippen LogP contribution in [0.3, 0.4) is 0 Å². The fourth-order valence-electron chi connectivity index (χ4n) is 3.22. The number of aliphatic hydroxyl groups is 1. The van der Waals surface area contributed by atoms with Crippen molar-refractivity contribution in [3.05, 3.63) is 71.3 Å². The maximum absolute atomic E-state index is 12.6. The van der Waals surface area contributed by atoms with Gasteiger partial charge in [-0.25, -0.2) is 8.78 Å². The molecule has 0 saturated carbocycles. The Hall–Kier alpha value is -0.665. The first-order chi connectivity index (χ1) is 14.5. The number of halogens is 2. The number of rotatable bonds is 12. The van der Waals surface area contributed by atoms with Crippen molar-refractivity contribution < 1.29 is 50.2 Å². The summed E-state index contributed by atoms with van der Waals surface area (Å²) in [6.45, 7) is 4.31. The van der Waals surface area contributed by atoms with Gasteiger partial charge in [0.05, 0.1) is 6.10 Å². The Kier molecular flexibility index (Phi) is 30.3. The molecular weight excluding hydrogens is 428 g/mol. The molecule has 0 aliphatic heterocycles. The summed E-state index contributed by atoms with van der Waals surface area (Å²) in [5.74, 6) is -0.533. The molecule has 2 aromatic carbocycles. The van der Waals surface area contributed by atoms with Crippen molar-refractivity contribution in [2.45, 2.75) is 90.3 Å². The monoisotopic (exact) mass is 470 g/mol. The Labute approximate surface area is 230 Å². The quantitative estimate of drug-likeness (QED) is 0.293. The van der Waals surface area contributed by atoms with Gasteiger partial charge in [-0.05, 0) is 36.2 Å². The van der Waals surface area contributed by atoms with Crippen LogP contribution in [0, 0.1) is 11.6 Å². The van der Waals surface area contributed by atoms with Crippen LogP contribution >= 0.6 is 0 Å². The van der Waals surface area contributed by atoms with E-state index >= 15 is 0 Å². The molecule has 8 heteroatoms. The normalized spacial score (nSPS) is 11.2. The maximum Gasteiger partial charge on any atom is 1.00 e. The third-order valence-corrected chi connectivity index (χ3v) is 5.15. The van der Waals surface area contributed by atoms with Crippen LogP contribution in [0.2, 0.25) is 0 Å². The van der Waals surface area contributed by atoms with Gasteiger partial charge < -0.3 is 41.5 Å². The van der Waals surface area contributed by atoms with E-state index in [1.54, 1.807) is 24.3 Å². The minimum Gasteiger partial charge on any atom is -1.00 e. The van der Waals surface area contributed by atoms with Crippen LogP contribution < -0.4 is 24.0 Å². The summed E-state index contributed by atoms with van der Waals surface area (Å²) in [4.78, 5) is 0. The summed E-state index contributed by atoms with van der Waals surface area (Å²) >= 11 is 0. The van der Waals surface area contributed by atoms with Crippen molar-refractivity contribution in [2.75, 3.05) is 0 Å². The molecule has 0 spiro atoms. The van der Waals surface area contributed by atoms with Crippen molar-refractivity contribution >= 4 is 18.9 Å². The second kappa shape index (κ2) is 25.4. The summed E-state index contributed by atoms with van der Waals surface area (Å²) < 4.78 is 25.2. The van der Waals surface area contributed by atoms with Gasteiger partial charge in [-0.15, -0.1) is 6.10 Å². The Morgan fingerprint density at radius 3 is 1.53 bits per heavy atom. The van der Waals surface area contributed by atoms with Gasteiger partial charge in [0.15, 0.2) is 0 Å². The molecule has 0 aromatic heterocycles. The van der Waals surface area contributed by atoms with Gasteiger partial charge in [0.1, 0.15) is 11.6 Å². The third kappa shape index (κ3) is 18.6. The van der Waals surface area contributed by atoms with Crippen LogP contribution in [-0.4, -0.2) is 29.4 Å². The molecule has 0 amide bonds. The first-order valence-corrected chi connectivity index (χ1v) is 11.3. The van der Waals surface area contributed by atoms with Gasteiger partial charge in [0.25, 0.3) is 0 Å². The first kappa shape index (κ1) is 40.5. The smallest absolute Gasteiger partial charge is 1.00 e. The zero-order chi connectivity index (χ0) is 22.2. The van der Waals surface area contributed by atoms with Gasteiger partial charge in [-0.1, -0.05) is 101 Å². The average Bonchev–Trinajstić information content (AvgIpc) is 2.75. The fraction of sp³-hybridized carbons (Fsp3) is 0.538. The molecule has 0 fully saturated rings. The number of hydrogen-bond acceptors (Lipinski definition) is 3. The van der Waals surface area contributed by atoms with E-state index in [1.807, 2.05) is 0 Å². The second-order valence-corrected chi connectivity index (χ2v) is 7.81. The average molecular weight is 470 g/mol. The van der Waals surface area contributed by atoms with Crippen molar-refractivity contribution in [3.8, 4) is 0 Å². The zero-order valence-electron chi connectivity index (χ0n) is 22.5. The number of aliphatic hydroxyl groups excluding tert-OH is 1. The number of unbranched alkanes of at least 4 members (excludes halogenated alkanes) is 6. The van der Waals surface area contributed by atoms with Gasteiger partial charge in [0.2, 0.25) is 0 Å².